The normalized spacial score (nSPS) is 13.5. The molecular formula is C22H15ClF3N5O. The molecule has 1 aliphatic carbocycles. The van der Waals surface area contributed by atoms with Gasteiger partial charge in [0.05, 0.1) is 10.6 Å². The highest BCUT2D eigenvalue weighted by atomic mass is 35.5. The van der Waals surface area contributed by atoms with E-state index in [0.717, 1.165) is 29.5 Å². The highest BCUT2D eigenvalue weighted by Gasteiger charge is 2.27. The van der Waals surface area contributed by atoms with Gasteiger partial charge < -0.3 is 5.32 Å². The van der Waals surface area contributed by atoms with Crippen LogP contribution in [0.25, 0.3) is 28.2 Å². The highest BCUT2D eigenvalue weighted by Crippen LogP contribution is 2.35. The molecule has 1 fully saturated rings. The summed E-state index contributed by atoms with van der Waals surface area (Å²) in [6.45, 7) is 1.39. The Kier molecular flexibility index (Phi) is 4.85. The maximum absolute atomic E-state index is 15.5. The smallest absolute Gasteiger partial charge is 0.251 e. The quantitative estimate of drug-likeness (QED) is 0.481. The number of fused-ring (bicyclic) bond motifs is 1. The topological polar surface area (TPSA) is 72.2 Å². The lowest BCUT2D eigenvalue weighted by atomic mass is 9.97. The molecule has 1 N–H and O–H groups in total. The van der Waals surface area contributed by atoms with Crippen LogP contribution in [0.2, 0.25) is 5.02 Å². The summed E-state index contributed by atoms with van der Waals surface area (Å²) >= 11 is 6.14. The molecule has 0 radical (unpaired) electrons. The van der Waals surface area contributed by atoms with E-state index in [9.17, 15) is 9.18 Å². The van der Waals surface area contributed by atoms with Crippen molar-refractivity contribution >= 4 is 23.2 Å². The van der Waals surface area contributed by atoms with Crippen molar-refractivity contribution in [3.8, 4) is 22.5 Å². The summed E-state index contributed by atoms with van der Waals surface area (Å²) in [6, 6.07) is 3.94. The molecule has 0 spiro atoms. The second-order valence-electron chi connectivity index (χ2n) is 7.62. The highest BCUT2D eigenvalue weighted by molar-refractivity contribution is 6.33. The van der Waals surface area contributed by atoms with Crippen LogP contribution in [-0.2, 0) is 0 Å². The fraction of sp³-hybridized carbons (Fsp3) is 0.182. The van der Waals surface area contributed by atoms with Gasteiger partial charge in [-0.3, -0.25) is 14.2 Å². The molecule has 0 bridgehead atoms. The summed E-state index contributed by atoms with van der Waals surface area (Å²) in [5.41, 5.74) is -0.449. The zero-order chi connectivity index (χ0) is 22.6. The van der Waals surface area contributed by atoms with Crippen LogP contribution >= 0.6 is 11.6 Å². The van der Waals surface area contributed by atoms with Crippen LogP contribution in [0.1, 0.15) is 28.8 Å². The van der Waals surface area contributed by atoms with E-state index in [1.165, 1.54) is 25.4 Å². The number of nitrogens with one attached hydrogen (secondary N) is 1. The summed E-state index contributed by atoms with van der Waals surface area (Å²) in [5, 5.41) is 10.8. The van der Waals surface area contributed by atoms with E-state index in [1.807, 2.05) is 0 Å². The van der Waals surface area contributed by atoms with E-state index < -0.39 is 28.9 Å². The first-order valence-electron chi connectivity index (χ1n) is 9.79. The Bertz CT molecular complexity index is 1400. The summed E-state index contributed by atoms with van der Waals surface area (Å²) in [7, 11) is 0. The molecule has 162 valence electrons. The second kappa shape index (κ2) is 7.59. The number of aromatic nitrogens is 4. The molecule has 3 heterocycles. The van der Waals surface area contributed by atoms with Gasteiger partial charge in [0.1, 0.15) is 5.82 Å². The Hall–Kier alpha value is -3.46. The van der Waals surface area contributed by atoms with Gasteiger partial charge in [0.25, 0.3) is 5.91 Å². The van der Waals surface area contributed by atoms with Gasteiger partial charge in [-0.1, -0.05) is 11.6 Å². The fourth-order valence-corrected chi connectivity index (χ4v) is 3.71. The minimum absolute atomic E-state index is 0.00652. The van der Waals surface area contributed by atoms with Crippen LogP contribution in [-0.4, -0.2) is 31.5 Å². The Balaban J connectivity index is 1.68. The number of nitrogens with zero attached hydrogens (tertiary/aromatic N) is 4. The first-order chi connectivity index (χ1) is 15.3. The Morgan fingerprint density at radius 2 is 1.94 bits per heavy atom. The molecule has 0 unspecified atom stereocenters. The fourth-order valence-electron chi connectivity index (χ4n) is 3.51. The largest absolute Gasteiger partial charge is 0.349 e. The second-order valence-corrected chi connectivity index (χ2v) is 8.02. The third-order valence-electron chi connectivity index (χ3n) is 5.39. The summed E-state index contributed by atoms with van der Waals surface area (Å²) < 4.78 is 46.4. The minimum atomic E-state index is -1.03. The number of carbonyl (C=O) groups excluding carboxylic acids is 1. The van der Waals surface area contributed by atoms with Crippen molar-refractivity contribution in [1.82, 2.24) is 24.9 Å². The maximum Gasteiger partial charge on any atom is 0.251 e. The number of rotatable bonds is 4. The first kappa shape index (κ1) is 20.4. The predicted octanol–water partition coefficient (Wildman–Crippen LogP) is 4.73. The van der Waals surface area contributed by atoms with Gasteiger partial charge >= 0.3 is 0 Å². The Morgan fingerprint density at radius 1 is 1.16 bits per heavy atom. The molecule has 10 heteroatoms. The average Bonchev–Trinajstić information content (AvgIpc) is 3.48. The van der Waals surface area contributed by atoms with Crippen molar-refractivity contribution in [1.29, 1.82) is 0 Å². The van der Waals surface area contributed by atoms with E-state index in [4.69, 9.17) is 11.6 Å². The van der Waals surface area contributed by atoms with Gasteiger partial charge in [-0.05, 0) is 49.1 Å². The molecule has 0 saturated heterocycles. The van der Waals surface area contributed by atoms with Gasteiger partial charge in [0, 0.05) is 35.8 Å². The van der Waals surface area contributed by atoms with Crippen LogP contribution in [0.5, 0.6) is 0 Å². The van der Waals surface area contributed by atoms with Gasteiger partial charge in [-0.15, -0.1) is 10.2 Å². The number of benzene rings is 1. The molecule has 1 aliphatic rings. The maximum atomic E-state index is 15.5. The molecule has 3 aromatic heterocycles. The number of halogens is 4. The zero-order valence-electron chi connectivity index (χ0n) is 16.7. The lowest BCUT2D eigenvalue weighted by Gasteiger charge is -2.13. The van der Waals surface area contributed by atoms with E-state index in [-0.39, 0.29) is 39.2 Å². The zero-order valence-corrected chi connectivity index (χ0v) is 17.4. The molecular weight excluding hydrogens is 443 g/mol. The number of hydrogen-bond donors (Lipinski definition) is 1. The molecule has 4 aromatic rings. The van der Waals surface area contributed by atoms with Crippen molar-refractivity contribution < 1.29 is 18.0 Å². The number of carbonyl (C=O) groups is 1. The molecule has 1 amide bonds. The lowest BCUT2D eigenvalue weighted by molar-refractivity contribution is 0.0950. The lowest BCUT2D eigenvalue weighted by Crippen LogP contribution is -2.25. The minimum Gasteiger partial charge on any atom is -0.349 e. The summed E-state index contributed by atoms with van der Waals surface area (Å²) in [4.78, 5) is 16.3. The SMILES string of the molecule is Cc1c(F)cc(C(=O)NC2CC2)cc1-c1c(F)cn2c(-c3ccncc3Cl)nnc2c1F. The van der Waals surface area contributed by atoms with Crippen molar-refractivity contribution in [3.63, 3.8) is 0 Å². The van der Waals surface area contributed by atoms with Crippen LogP contribution < -0.4 is 5.32 Å². The molecule has 1 saturated carbocycles. The van der Waals surface area contributed by atoms with Crippen LogP contribution in [0.15, 0.2) is 36.8 Å². The monoisotopic (exact) mass is 457 g/mol. The van der Waals surface area contributed by atoms with Gasteiger partial charge in [0.2, 0.25) is 0 Å². The van der Waals surface area contributed by atoms with Crippen molar-refractivity contribution in [2.24, 2.45) is 0 Å². The van der Waals surface area contributed by atoms with Crippen LogP contribution in [0.3, 0.4) is 0 Å². The summed E-state index contributed by atoms with van der Waals surface area (Å²) in [5.74, 6) is -3.11. The summed E-state index contributed by atoms with van der Waals surface area (Å²) in [6.07, 6.45) is 5.55. The molecule has 1 aromatic carbocycles. The first-order valence-corrected chi connectivity index (χ1v) is 10.2. The third kappa shape index (κ3) is 3.38. The van der Waals surface area contributed by atoms with Gasteiger partial charge in [-0.25, -0.2) is 13.2 Å². The average molecular weight is 458 g/mol. The van der Waals surface area contributed by atoms with Crippen molar-refractivity contribution in [2.75, 3.05) is 0 Å². The van der Waals surface area contributed by atoms with E-state index in [0.29, 0.717) is 5.56 Å². The molecule has 0 atom stereocenters. The van der Waals surface area contributed by atoms with Gasteiger partial charge in [0.15, 0.2) is 23.1 Å². The number of pyridine rings is 2. The van der Waals surface area contributed by atoms with Gasteiger partial charge in [-0.2, -0.15) is 0 Å². The third-order valence-corrected chi connectivity index (χ3v) is 5.70. The number of hydrogen-bond acceptors (Lipinski definition) is 4. The van der Waals surface area contributed by atoms with E-state index >= 15 is 8.78 Å². The Labute approximate surface area is 185 Å². The van der Waals surface area contributed by atoms with E-state index in [2.05, 4.69) is 20.5 Å². The molecule has 6 nitrogen and oxygen atoms in total. The van der Waals surface area contributed by atoms with E-state index in [1.54, 1.807) is 6.07 Å². The van der Waals surface area contributed by atoms with Crippen LogP contribution in [0, 0.1) is 24.4 Å². The standard InChI is InChI=1S/C22H15ClF3N5O/c1-10-14(6-11(7-16(10)24)22(32)28-12-2-3-12)18-17(25)9-31-20(29-30-21(31)19(18)26)13-4-5-27-8-15(13)23/h4-9,12H,2-3H2,1H3,(H,28,32). The van der Waals surface area contributed by atoms with Crippen molar-refractivity contribution in [3.05, 3.63) is 70.4 Å². The predicted molar refractivity (Wildman–Crippen MR) is 112 cm³/mol. The Morgan fingerprint density at radius 3 is 2.66 bits per heavy atom. The van der Waals surface area contributed by atoms with Crippen LogP contribution in [0.4, 0.5) is 13.2 Å². The number of amides is 1. The van der Waals surface area contributed by atoms with Crippen molar-refractivity contribution in [2.45, 2.75) is 25.8 Å². The molecule has 5 rings (SSSR count). The molecule has 32 heavy (non-hydrogen) atoms. The molecule has 0 aliphatic heterocycles.